The van der Waals surface area contributed by atoms with E-state index in [1.54, 1.807) is 11.8 Å². The zero-order chi connectivity index (χ0) is 19.2. The minimum Gasteiger partial charge on any atom is -0.361 e. The van der Waals surface area contributed by atoms with Gasteiger partial charge in [-0.1, -0.05) is 48.0 Å². The van der Waals surface area contributed by atoms with Gasteiger partial charge in [0.05, 0.1) is 6.42 Å². The normalized spacial score (nSPS) is 10.7. The van der Waals surface area contributed by atoms with Crippen molar-refractivity contribution in [2.45, 2.75) is 26.8 Å². The number of benzene rings is 2. The number of aromatic amines is 1. The summed E-state index contributed by atoms with van der Waals surface area (Å²) in [5.41, 5.74) is 4.27. The fourth-order valence-electron chi connectivity index (χ4n) is 3.22. The second kappa shape index (κ2) is 8.54. The fourth-order valence-corrected chi connectivity index (χ4v) is 3.22. The SMILES string of the molecule is CC(=O)N(CCNC(=O)Cc1c[nH]c2ccccc12)Cc1cccc(C)c1. The molecule has 2 amide bonds. The van der Waals surface area contributed by atoms with Crippen molar-refractivity contribution in [2.75, 3.05) is 13.1 Å². The molecule has 140 valence electrons. The van der Waals surface area contributed by atoms with Crippen LogP contribution in [0.4, 0.5) is 0 Å². The van der Waals surface area contributed by atoms with Gasteiger partial charge in [-0.2, -0.15) is 0 Å². The molecule has 1 aromatic heterocycles. The highest BCUT2D eigenvalue weighted by Crippen LogP contribution is 2.17. The number of hydrogen-bond acceptors (Lipinski definition) is 2. The second-order valence-corrected chi connectivity index (χ2v) is 6.82. The molecule has 2 aromatic carbocycles. The predicted octanol–water partition coefficient (Wildman–Crippen LogP) is 3.18. The Labute approximate surface area is 159 Å². The topological polar surface area (TPSA) is 65.2 Å². The van der Waals surface area contributed by atoms with Crippen molar-refractivity contribution in [1.82, 2.24) is 15.2 Å². The zero-order valence-corrected chi connectivity index (χ0v) is 15.8. The van der Waals surface area contributed by atoms with Crippen LogP contribution in [0.3, 0.4) is 0 Å². The summed E-state index contributed by atoms with van der Waals surface area (Å²) < 4.78 is 0. The van der Waals surface area contributed by atoms with Gasteiger partial charge in [0.2, 0.25) is 11.8 Å². The van der Waals surface area contributed by atoms with Gasteiger partial charge in [-0.15, -0.1) is 0 Å². The minimum atomic E-state index is -0.0428. The number of nitrogens with one attached hydrogen (secondary N) is 2. The van der Waals surface area contributed by atoms with Gasteiger partial charge >= 0.3 is 0 Å². The van der Waals surface area contributed by atoms with Crippen molar-refractivity contribution in [2.24, 2.45) is 0 Å². The molecule has 0 saturated carbocycles. The molecule has 0 radical (unpaired) electrons. The van der Waals surface area contributed by atoms with E-state index < -0.39 is 0 Å². The van der Waals surface area contributed by atoms with Crippen molar-refractivity contribution in [3.63, 3.8) is 0 Å². The van der Waals surface area contributed by atoms with Crippen molar-refractivity contribution >= 4 is 22.7 Å². The first kappa shape index (κ1) is 18.7. The van der Waals surface area contributed by atoms with E-state index in [4.69, 9.17) is 0 Å². The van der Waals surface area contributed by atoms with Crippen LogP contribution < -0.4 is 5.32 Å². The van der Waals surface area contributed by atoms with Crippen LogP contribution in [0.1, 0.15) is 23.6 Å². The van der Waals surface area contributed by atoms with Crippen molar-refractivity contribution < 1.29 is 9.59 Å². The fraction of sp³-hybridized carbons (Fsp3) is 0.273. The van der Waals surface area contributed by atoms with Crippen LogP contribution in [0, 0.1) is 6.92 Å². The quantitative estimate of drug-likeness (QED) is 0.677. The monoisotopic (exact) mass is 363 g/mol. The molecule has 0 spiro atoms. The molecule has 2 N–H and O–H groups in total. The van der Waals surface area contributed by atoms with E-state index in [9.17, 15) is 9.59 Å². The van der Waals surface area contributed by atoms with Crippen LogP contribution >= 0.6 is 0 Å². The Balaban J connectivity index is 1.52. The lowest BCUT2D eigenvalue weighted by atomic mass is 10.1. The molecule has 5 nitrogen and oxygen atoms in total. The van der Waals surface area contributed by atoms with Crippen molar-refractivity contribution in [1.29, 1.82) is 0 Å². The molecule has 0 fully saturated rings. The highest BCUT2D eigenvalue weighted by atomic mass is 16.2. The van der Waals surface area contributed by atoms with Crippen LogP contribution in [0.15, 0.2) is 54.7 Å². The second-order valence-electron chi connectivity index (χ2n) is 6.82. The summed E-state index contributed by atoms with van der Waals surface area (Å²) in [5, 5.41) is 3.99. The summed E-state index contributed by atoms with van der Waals surface area (Å²) >= 11 is 0. The first-order chi connectivity index (χ1) is 13.0. The van der Waals surface area contributed by atoms with Crippen LogP contribution in [0.5, 0.6) is 0 Å². The lowest BCUT2D eigenvalue weighted by molar-refractivity contribution is -0.130. The third-order valence-corrected chi connectivity index (χ3v) is 4.63. The molecule has 0 aliphatic heterocycles. The first-order valence-electron chi connectivity index (χ1n) is 9.15. The van der Waals surface area contributed by atoms with Gasteiger partial charge in [-0.25, -0.2) is 0 Å². The van der Waals surface area contributed by atoms with Gasteiger partial charge in [0, 0.05) is 43.7 Å². The molecule has 3 aromatic rings. The number of rotatable bonds is 7. The lowest BCUT2D eigenvalue weighted by Gasteiger charge is -2.21. The van der Waals surface area contributed by atoms with Gasteiger partial charge < -0.3 is 15.2 Å². The van der Waals surface area contributed by atoms with Crippen LogP contribution in [0.2, 0.25) is 0 Å². The summed E-state index contributed by atoms with van der Waals surface area (Å²) in [6, 6.07) is 16.0. The maximum absolute atomic E-state index is 12.3. The number of carbonyl (C=O) groups excluding carboxylic acids is 2. The third kappa shape index (κ3) is 4.97. The molecule has 0 aliphatic rings. The largest absolute Gasteiger partial charge is 0.361 e. The number of para-hydroxylation sites is 1. The van der Waals surface area contributed by atoms with E-state index in [-0.39, 0.29) is 11.8 Å². The lowest BCUT2D eigenvalue weighted by Crippen LogP contribution is -2.37. The molecule has 5 heteroatoms. The zero-order valence-electron chi connectivity index (χ0n) is 15.8. The van der Waals surface area contributed by atoms with Crippen molar-refractivity contribution in [3.8, 4) is 0 Å². The summed E-state index contributed by atoms with van der Waals surface area (Å²) in [4.78, 5) is 29.1. The van der Waals surface area contributed by atoms with Gasteiger partial charge in [0.1, 0.15) is 0 Å². The van der Waals surface area contributed by atoms with Gasteiger partial charge in [-0.05, 0) is 24.1 Å². The molecule has 0 atom stereocenters. The number of carbonyl (C=O) groups is 2. The number of amides is 2. The van der Waals surface area contributed by atoms with E-state index in [0.717, 1.165) is 22.0 Å². The Kier molecular flexibility index (Phi) is 5.91. The van der Waals surface area contributed by atoms with Crippen LogP contribution in [-0.2, 0) is 22.6 Å². The molecule has 1 heterocycles. The summed E-state index contributed by atoms with van der Waals surface area (Å²) in [5.74, 6) is -0.0406. The van der Waals surface area contributed by atoms with Crippen LogP contribution in [-0.4, -0.2) is 34.8 Å². The number of nitrogens with zero attached hydrogens (tertiary/aromatic N) is 1. The van der Waals surface area contributed by atoms with E-state index >= 15 is 0 Å². The average molecular weight is 363 g/mol. The van der Waals surface area contributed by atoms with E-state index in [2.05, 4.69) is 16.4 Å². The van der Waals surface area contributed by atoms with Crippen LogP contribution in [0.25, 0.3) is 10.9 Å². The molecule has 27 heavy (non-hydrogen) atoms. The third-order valence-electron chi connectivity index (χ3n) is 4.63. The minimum absolute atomic E-state index is 0.00221. The average Bonchev–Trinajstić information content (AvgIpc) is 3.04. The van der Waals surface area contributed by atoms with Gasteiger partial charge in [0.15, 0.2) is 0 Å². The summed E-state index contributed by atoms with van der Waals surface area (Å²) in [6.45, 7) is 5.07. The Hall–Kier alpha value is -3.08. The van der Waals surface area contributed by atoms with E-state index in [1.807, 2.05) is 55.6 Å². The summed E-state index contributed by atoms with van der Waals surface area (Å²) in [6.07, 6.45) is 2.20. The molecule has 3 rings (SSSR count). The maximum Gasteiger partial charge on any atom is 0.224 e. The Morgan fingerprint density at radius 1 is 1.11 bits per heavy atom. The number of hydrogen-bond donors (Lipinski definition) is 2. The smallest absolute Gasteiger partial charge is 0.224 e. The highest BCUT2D eigenvalue weighted by Gasteiger charge is 2.12. The predicted molar refractivity (Wildman–Crippen MR) is 107 cm³/mol. The summed E-state index contributed by atoms with van der Waals surface area (Å²) in [7, 11) is 0. The molecular formula is C22H25N3O2. The number of fused-ring (bicyclic) bond motifs is 1. The molecule has 0 aliphatic carbocycles. The molecule has 0 bridgehead atoms. The maximum atomic E-state index is 12.3. The Morgan fingerprint density at radius 2 is 1.93 bits per heavy atom. The highest BCUT2D eigenvalue weighted by molar-refractivity contribution is 5.88. The molecule has 0 saturated heterocycles. The Morgan fingerprint density at radius 3 is 2.70 bits per heavy atom. The van der Waals surface area contributed by atoms with E-state index in [0.29, 0.717) is 26.1 Å². The molecule has 0 unspecified atom stereocenters. The number of H-pyrrole nitrogens is 1. The number of aromatic nitrogens is 1. The van der Waals surface area contributed by atoms with Crippen molar-refractivity contribution in [3.05, 3.63) is 71.4 Å². The number of aryl methyl sites for hydroxylation is 1. The van der Waals surface area contributed by atoms with Gasteiger partial charge in [0.25, 0.3) is 0 Å². The standard InChI is InChI=1S/C22H25N3O2/c1-16-6-5-7-18(12-16)15-25(17(2)26)11-10-23-22(27)13-19-14-24-21-9-4-3-8-20(19)21/h3-9,12,14,24H,10-11,13,15H2,1-2H3,(H,23,27). The van der Waals surface area contributed by atoms with Gasteiger partial charge in [-0.3, -0.25) is 9.59 Å². The molecular weight excluding hydrogens is 338 g/mol. The first-order valence-corrected chi connectivity index (χ1v) is 9.15. The Bertz CT molecular complexity index is 945. The van der Waals surface area contributed by atoms with E-state index in [1.165, 1.54) is 5.56 Å².